The van der Waals surface area contributed by atoms with E-state index in [4.69, 9.17) is 9.78 Å². The van der Waals surface area contributed by atoms with E-state index in [1.807, 2.05) is 6.20 Å². The van der Waals surface area contributed by atoms with E-state index in [1.54, 1.807) is 6.20 Å². The van der Waals surface area contributed by atoms with Gasteiger partial charge in [0.25, 0.3) is 0 Å². The van der Waals surface area contributed by atoms with E-state index in [1.165, 1.54) is 5.56 Å². The molecule has 0 aromatic carbocycles. The summed E-state index contributed by atoms with van der Waals surface area (Å²) in [6, 6.07) is 0. The molecule has 2 heterocycles. The van der Waals surface area contributed by atoms with E-state index in [0.717, 1.165) is 12.2 Å². The maximum absolute atomic E-state index is 4.83. The maximum atomic E-state index is 4.83. The van der Waals surface area contributed by atoms with E-state index in [9.17, 15) is 0 Å². The molecule has 0 fully saturated rings. The number of nitrogens with one attached hydrogen (secondary N) is 1. The van der Waals surface area contributed by atoms with Crippen LogP contribution in [0.3, 0.4) is 0 Å². The molecule has 0 saturated carbocycles. The number of hydrogen-bond acceptors (Lipinski definition) is 2. The van der Waals surface area contributed by atoms with Gasteiger partial charge in [0, 0.05) is 24.4 Å². The molecule has 1 aliphatic rings. The number of H-pyrrole nitrogens is 1. The monoisotopic (exact) mass is 125 g/mol. The van der Waals surface area contributed by atoms with Crippen molar-refractivity contribution in [2.45, 2.75) is 6.42 Å². The lowest BCUT2D eigenvalue weighted by Crippen LogP contribution is -2.08. The molecule has 0 spiro atoms. The normalized spacial score (nSPS) is 16.4. The van der Waals surface area contributed by atoms with Crippen LogP contribution in [0.5, 0.6) is 5.75 Å². The van der Waals surface area contributed by atoms with Crippen molar-refractivity contribution in [3.63, 3.8) is 0 Å². The quantitative estimate of drug-likeness (QED) is 0.522. The Balaban J connectivity index is 2.39. The summed E-state index contributed by atoms with van der Waals surface area (Å²) in [6.07, 6.45) is 4.66. The lowest BCUT2D eigenvalue weighted by Gasteiger charge is -2.09. The first-order valence-corrected chi connectivity index (χ1v) is 2.92. The van der Waals surface area contributed by atoms with Gasteiger partial charge in [-0.1, -0.05) is 0 Å². The first kappa shape index (κ1) is 4.88. The van der Waals surface area contributed by atoms with E-state index in [2.05, 4.69) is 4.98 Å². The summed E-state index contributed by atoms with van der Waals surface area (Å²) < 4.78 is 0. The lowest BCUT2D eigenvalue weighted by atomic mass is 10.2. The smallest absolute Gasteiger partial charge is 0.186 e. The second-order valence-electron chi connectivity index (χ2n) is 2.00. The maximum Gasteiger partial charge on any atom is 0.186 e. The Kier molecular flexibility index (Phi) is 0.960. The molecule has 1 aliphatic heterocycles. The van der Waals surface area contributed by atoms with E-state index < -0.39 is 0 Å². The summed E-state index contributed by atoms with van der Waals surface area (Å²) in [5.41, 5.74) is 1.20. The molecule has 1 N–H and O–H groups in total. The van der Waals surface area contributed by atoms with Crippen molar-refractivity contribution >= 4 is 0 Å². The first-order valence-electron chi connectivity index (χ1n) is 2.92. The van der Waals surface area contributed by atoms with Crippen LogP contribution in [-0.2, 0) is 11.3 Å². The van der Waals surface area contributed by atoms with E-state index >= 15 is 0 Å². The Bertz CT molecular complexity index is 186. The molecule has 0 amide bonds. The minimum Gasteiger partial charge on any atom is -0.364 e. The average Bonchev–Trinajstić information content (AvgIpc) is 2.33. The minimum absolute atomic E-state index is 0.658. The summed E-state index contributed by atoms with van der Waals surface area (Å²) >= 11 is 0. The number of aromatic amines is 1. The van der Waals surface area contributed by atoms with Crippen LogP contribution in [0.4, 0.5) is 0 Å². The lowest BCUT2D eigenvalue weighted by molar-refractivity contribution is -0.214. The highest BCUT2D eigenvalue weighted by Crippen LogP contribution is 2.21. The van der Waals surface area contributed by atoms with Gasteiger partial charge in [0.2, 0.25) is 0 Å². The molecule has 0 radical (unpaired) electrons. The van der Waals surface area contributed by atoms with Gasteiger partial charge in [0.15, 0.2) is 5.75 Å². The van der Waals surface area contributed by atoms with Gasteiger partial charge in [-0.3, -0.25) is 0 Å². The topological polar surface area (TPSA) is 34.2 Å². The van der Waals surface area contributed by atoms with Crippen LogP contribution in [-0.4, -0.2) is 11.6 Å². The van der Waals surface area contributed by atoms with Gasteiger partial charge in [-0.15, -0.1) is 0 Å². The molecule has 0 saturated heterocycles. The van der Waals surface area contributed by atoms with Crippen molar-refractivity contribution in [1.29, 1.82) is 0 Å². The summed E-state index contributed by atoms with van der Waals surface area (Å²) in [7, 11) is 0. The summed E-state index contributed by atoms with van der Waals surface area (Å²) in [4.78, 5) is 12.5. The molecule has 3 nitrogen and oxygen atoms in total. The molecule has 0 atom stereocenters. The summed E-state index contributed by atoms with van der Waals surface area (Å²) in [6.45, 7) is 0.658. The zero-order valence-corrected chi connectivity index (χ0v) is 4.89. The Hall–Kier alpha value is -0.960. The SMILES string of the molecule is c1[nH]cc2c1CCOO2. The first-order chi connectivity index (χ1) is 4.47. The van der Waals surface area contributed by atoms with Gasteiger partial charge in [-0.05, 0) is 0 Å². The van der Waals surface area contributed by atoms with Crippen molar-refractivity contribution in [2.75, 3.05) is 6.61 Å². The van der Waals surface area contributed by atoms with Crippen molar-refractivity contribution in [3.8, 4) is 5.75 Å². The molecule has 0 aliphatic carbocycles. The van der Waals surface area contributed by atoms with Gasteiger partial charge in [0.1, 0.15) is 0 Å². The molecule has 2 rings (SSSR count). The zero-order chi connectivity index (χ0) is 6.10. The number of rotatable bonds is 0. The zero-order valence-electron chi connectivity index (χ0n) is 4.89. The van der Waals surface area contributed by atoms with Crippen molar-refractivity contribution in [2.24, 2.45) is 0 Å². The summed E-state index contributed by atoms with van der Waals surface area (Å²) in [5, 5.41) is 0. The second-order valence-corrected chi connectivity index (χ2v) is 2.00. The van der Waals surface area contributed by atoms with E-state index in [-0.39, 0.29) is 0 Å². The van der Waals surface area contributed by atoms with Crippen LogP contribution in [0, 0.1) is 0 Å². The molecule has 48 valence electrons. The Morgan fingerprint density at radius 2 is 2.44 bits per heavy atom. The minimum atomic E-state index is 0.658. The van der Waals surface area contributed by atoms with Crippen LogP contribution >= 0.6 is 0 Å². The summed E-state index contributed by atoms with van der Waals surface area (Å²) in [5.74, 6) is 0.821. The fourth-order valence-electron chi connectivity index (χ4n) is 0.911. The Morgan fingerprint density at radius 3 is 3.33 bits per heavy atom. The average molecular weight is 125 g/mol. The van der Waals surface area contributed by atoms with Crippen LogP contribution in [0.25, 0.3) is 0 Å². The predicted octanol–water partition coefficient (Wildman–Crippen LogP) is 0.881. The van der Waals surface area contributed by atoms with Crippen molar-refractivity contribution in [3.05, 3.63) is 18.0 Å². The molecular weight excluding hydrogens is 118 g/mol. The molecule has 3 heteroatoms. The number of aromatic nitrogens is 1. The Labute approximate surface area is 52.5 Å². The highest BCUT2D eigenvalue weighted by molar-refractivity contribution is 5.30. The third kappa shape index (κ3) is 0.695. The molecule has 0 unspecified atom stereocenters. The molecule has 0 bridgehead atoms. The van der Waals surface area contributed by atoms with Gasteiger partial charge >= 0.3 is 0 Å². The fraction of sp³-hybridized carbons (Fsp3) is 0.333. The van der Waals surface area contributed by atoms with Gasteiger partial charge in [-0.2, -0.15) is 4.89 Å². The third-order valence-electron chi connectivity index (χ3n) is 1.39. The third-order valence-corrected chi connectivity index (χ3v) is 1.39. The standard InChI is InChI=1S/C6H7NO2/c1-2-8-9-6-4-7-3-5(1)6/h3-4,7H,1-2H2. The number of fused-ring (bicyclic) bond motifs is 1. The molecule has 9 heavy (non-hydrogen) atoms. The van der Waals surface area contributed by atoms with Gasteiger partial charge < -0.3 is 9.87 Å². The van der Waals surface area contributed by atoms with E-state index in [0.29, 0.717) is 6.61 Å². The molecule has 1 aromatic heterocycles. The Morgan fingerprint density at radius 1 is 1.44 bits per heavy atom. The second kappa shape index (κ2) is 1.77. The highest BCUT2D eigenvalue weighted by Gasteiger charge is 2.10. The molecular formula is C6H7NO2. The van der Waals surface area contributed by atoms with Gasteiger partial charge in [-0.25, -0.2) is 0 Å². The number of hydrogen-bond donors (Lipinski definition) is 1. The van der Waals surface area contributed by atoms with Crippen LogP contribution in [0.15, 0.2) is 12.4 Å². The predicted molar refractivity (Wildman–Crippen MR) is 31.1 cm³/mol. The molecule has 1 aromatic rings. The van der Waals surface area contributed by atoms with Crippen molar-refractivity contribution < 1.29 is 9.78 Å². The largest absolute Gasteiger partial charge is 0.364 e. The van der Waals surface area contributed by atoms with Crippen LogP contribution in [0.1, 0.15) is 5.56 Å². The van der Waals surface area contributed by atoms with Gasteiger partial charge in [0.05, 0.1) is 6.61 Å². The highest BCUT2D eigenvalue weighted by atomic mass is 17.2. The van der Waals surface area contributed by atoms with Crippen LogP contribution in [0.2, 0.25) is 0 Å². The fourth-order valence-corrected chi connectivity index (χ4v) is 0.911. The van der Waals surface area contributed by atoms with Crippen LogP contribution < -0.4 is 4.89 Å². The van der Waals surface area contributed by atoms with Crippen molar-refractivity contribution in [1.82, 2.24) is 4.98 Å².